The minimum Gasteiger partial charge on any atom is -0.352 e. The normalized spacial score (nSPS) is 13.5. The van der Waals surface area contributed by atoms with Crippen LogP contribution < -0.4 is 5.32 Å². The van der Waals surface area contributed by atoms with E-state index in [1.54, 1.807) is 6.07 Å². The molecular formula is C21H22BrClN2O. The van der Waals surface area contributed by atoms with Gasteiger partial charge in [-0.1, -0.05) is 51.8 Å². The molecule has 0 aromatic heterocycles. The van der Waals surface area contributed by atoms with Crippen molar-refractivity contribution in [1.82, 2.24) is 5.32 Å². The van der Waals surface area contributed by atoms with Crippen molar-refractivity contribution >= 4 is 33.4 Å². The van der Waals surface area contributed by atoms with Crippen molar-refractivity contribution < 1.29 is 4.79 Å². The number of hydrogen-bond acceptors (Lipinski definition) is 2. The van der Waals surface area contributed by atoms with Gasteiger partial charge in [-0.2, -0.15) is 5.26 Å². The highest BCUT2D eigenvalue weighted by Crippen LogP contribution is 2.27. The molecule has 0 saturated heterocycles. The molecule has 0 bridgehead atoms. The third-order valence-electron chi connectivity index (χ3n) is 4.32. The third kappa shape index (κ3) is 5.59. The highest BCUT2D eigenvalue weighted by molar-refractivity contribution is 9.10. The lowest BCUT2D eigenvalue weighted by molar-refractivity contribution is -0.123. The molecule has 26 heavy (non-hydrogen) atoms. The summed E-state index contributed by atoms with van der Waals surface area (Å²) in [5, 5.41) is 13.0. The number of hydrogen-bond donors (Lipinski definition) is 1. The number of carbonyl (C=O) groups is 1. The van der Waals surface area contributed by atoms with Gasteiger partial charge in [0.25, 0.3) is 0 Å². The highest BCUT2D eigenvalue weighted by Gasteiger charge is 2.28. The van der Waals surface area contributed by atoms with Crippen molar-refractivity contribution in [2.75, 3.05) is 0 Å². The Labute approximate surface area is 168 Å². The van der Waals surface area contributed by atoms with E-state index in [1.165, 1.54) is 0 Å². The molecule has 0 aliphatic heterocycles. The van der Waals surface area contributed by atoms with Crippen LogP contribution in [-0.2, 0) is 11.2 Å². The lowest BCUT2D eigenvalue weighted by Gasteiger charge is -2.28. The molecule has 0 heterocycles. The third-order valence-corrected chi connectivity index (χ3v) is 4.93. The molecule has 0 saturated carbocycles. The van der Waals surface area contributed by atoms with Gasteiger partial charge >= 0.3 is 0 Å². The van der Waals surface area contributed by atoms with Crippen LogP contribution in [0.25, 0.3) is 0 Å². The first kappa shape index (κ1) is 20.5. The Hall–Kier alpha value is -1.83. The largest absolute Gasteiger partial charge is 0.352 e. The zero-order valence-electron chi connectivity index (χ0n) is 15.1. The van der Waals surface area contributed by atoms with E-state index in [0.29, 0.717) is 10.6 Å². The van der Waals surface area contributed by atoms with Crippen molar-refractivity contribution in [2.45, 2.75) is 43.5 Å². The van der Waals surface area contributed by atoms with E-state index in [2.05, 4.69) is 27.3 Å². The molecular weight excluding hydrogens is 412 g/mol. The Kier molecular flexibility index (Phi) is 6.86. The van der Waals surface area contributed by atoms with Crippen LogP contribution in [0, 0.1) is 11.3 Å². The molecule has 2 unspecified atom stereocenters. The van der Waals surface area contributed by atoms with Crippen molar-refractivity contribution in [3.63, 3.8) is 0 Å². The molecule has 0 spiro atoms. The van der Waals surface area contributed by atoms with Gasteiger partial charge in [0.15, 0.2) is 0 Å². The summed E-state index contributed by atoms with van der Waals surface area (Å²) in [7, 11) is 0. The summed E-state index contributed by atoms with van der Waals surface area (Å²) < 4.78 is -0.638. The van der Waals surface area contributed by atoms with Crippen molar-refractivity contribution in [3.05, 3.63) is 70.2 Å². The first-order valence-corrected chi connectivity index (χ1v) is 9.62. The number of nitrogens with one attached hydrogen (secondary N) is 1. The molecule has 2 aromatic rings. The maximum Gasteiger partial charge on any atom is 0.236 e. The van der Waals surface area contributed by atoms with Crippen LogP contribution in [0.5, 0.6) is 0 Å². The summed E-state index contributed by atoms with van der Waals surface area (Å²) in [5.74, 6) is -0.0363. The van der Waals surface area contributed by atoms with Crippen LogP contribution in [0.4, 0.5) is 0 Å². The fourth-order valence-electron chi connectivity index (χ4n) is 2.78. The van der Waals surface area contributed by atoms with E-state index < -0.39 is 4.32 Å². The van der Waals surface area contributed by atoms with Gasteiger partial charge in [0.2, 0.25) is 5.91 Å². The van der Waals surface area contributed by atoms with E-state index in [-0.39, 0.29) is 17.9 Å². The van der Waals surface area contributed by atoms with Crippen molar-refractivity contribution in [2.24, 2.45) is 0 Å². The number of halogens is 2. The molecule has 0 aliphatic carbocycles. The Bertz CT molecular complexity index is 806. The maximum atomic E-state index is 12.4. The fourth-order valence-corrected chi connectivity index (χ4v) is 3.02. The Morgan fingerprint density at radius 1 is 1.27 bits per heavy atom. The second-order valence-electron chi connectivity index (χ2n) is 6.91. The molecule has 2 atom stereocenters. The average Bonchev–Trinajstić information content (AvgIpc) is 2.60. The Balaban J connectivity index is 2.32. The lowest BCUT2D eigenvalue weighted by Crippen LogP contribution is -2.45. The van der Waals surface area contributed by atoms with Gasteiger partial charge in [-0.25, -0.2) is 0 Å². The summed E-state index contributed by atoms with van der Waals surface area (Å²) in [6, 6.07) is 17.4. The minimum atomic E-state index is -0.638. The average molecular weight is 434 g/mol. The standard InChI is InChI=1S/C21H22BrClN2O/c1-14(25-20(26)21(2,3)22)19(12-15-7-9-18(23)10-8-15)17-6-4-5-16(11-17)13-24/h4-11,14,19H,12H2,1-3H3,(H,25,26). The van der Waals surface area contributed by atoms with Gasteiger partial charge in [-0.05, 0) is 62.6 Å². The number of alkyl halides is 1. The predicted octanol–water partition coefficient (Wildman–Crippen LogP) is 5.22. The number of rotatable bonds is 6. The molecule has 3 nitrogen and oxygen atoms in total. The first-order valence-electron chi connectivity index (χ1n) is 8.45. The topological polar surface area (TPSA) is 52.9 Å². The number of nitrogens with zero attached hydrogens (tertiary/aromatic N) is 1. The molecule has 136 valence electrons. The summed E-state index contributed by atoms with van der Waals surface area (Å²) in [4.78, 5) is 12.4. The molecule has 2 aromatic carbocycles. The van der Waals surface area contributed by atoms with Gasteiger partial charge in [0.05, 0.1) is 16.0 Å². The van der Waals surface area contributed by atoms with Crippen LogP contribution >= 0.6 is 27.5 Å². The van der Waals surface area contributed by atoms with E-state index in [4.69, 9.17) is 11.6 Å². The van der Waals surface area contributed by atoms with Gasteiger partial charge < -0.3 is 5.32 Å². The van der Waals surface area contributed by atoms with E-state index in [1.807, 2.05) is 63.2 Å². The number of benzene rings is 2. The zero-order chi connectivity index (χ0) is 19.3. The second kappa shape index (κ2) is 8.70. The van der Waals surface area contributed by atoms with E-state index >= 15 is 0 Å². The zero-order valence-corrected chi connectivity index (χ0v) is 17.4. The SMILES string of the molecule is CC(NC(=O)C(C)(C)Br)C(Cc1ccc(Cl)cc1)c1cccc(C#N)c1. The first-order chi connectivity index (χ1) is 12.2. The van der Waals surface area contributed by atoms with Gasteiger partial charge in [-0.3, -0.25) is 4.79 Å². The smallest absolute Gasteiger partial charge is 0.236 e. The number of amides is 1. The monoisotopic (exact) mass is 432 g/mol. The van der Waals surface area contributed by atoms with Gasteiger partial charge in [0, 0.05) is 17.0 Å². The van der Waals surface area contributed by atoms with Crippen LogP contribution in [0.2, 0.25) is 5.02 Å². The predicted molar refractivity (Wildman–Crippen MR) is 110 cm³/mol. The minimum absolute atomic E-state index is 0.0308. The Morgan fingerprint density at radius 2 is 1.92 bits per heavy atom. The molecule has 2 rings (SSSR count). The quantitative estimate of drug-likeness (QED) is 0.635. The van der Waals surface area contributed by atoms with Crippen molar-refractivity contribution in [1.29, 1.82) is 5.26 Å². The molecule has 5 heteroatoms. The summed E-state index contributed by atoms with van der Waals surface area (Å²) in [6.45, 7) is 5.63. The van der Waals surface area contributed by atoms with Crippen LogP contribution in [-0.4, -0.2) is 16.3 Å². The maximum absolute atomic E-state index is 12.4. The summed E-state index contributed by atoms with van der Waals surface area (Å²) >= 11 is 9.39. The second-order valence-corrected chi connectivity index (χ2v) is 9.33. The van der Waals surface area contributed by atoms with Crippen LogP contribution in [0.3, 0.4) is 0 Å². The van der Waals surface area contributed by atoms with Crippen LogP contribution in [0.15, 0.2) is 48.5 Å². The highest BCUT2D eigenvalue weighted by atomic mass is 79.9. The lowest BCUT2D eigenvalue weighted by atomic mass is 9.85. The number of nitriles is 1. The molecule has 1 amide bonds. The van der Waals surface area contributed by atoms with Gasteiger partial charge in [-0.15, -0.1) is 0 Å². The van der Waals surface area contributed by atoms with Crippen molar-refractivity contribution in [3.8, 4) is 6.07 Å². The number of carbonyl (C=O) groups excluding carboxylic acids is 1. The van der Waals surface area contributed by atoms with E-state index in [9.17, 15) is 10.1 Å². The summed E-state index contributed by atoms with van der Waals surface area (Å²) in [5.41, 5.74) is 2.77. The molecule has 1 N–H and O–H groups in total. The fraction of sp³-hybridized carbons (Fsp3) is 0.333. The Morgan fingerprint density at radius 3 is 2.50 bits per heavy atom. The van der Waals surface area contributed by atoms with Gasteiger partial charge in [0.1, 0.15) is 0 Å². The molecule has 0 fully saturated rings. The molecule has 0 aliphatic rings. The summed E-state index contributed by atoms with van der Waals surface area (Å²) in [6.07, 6.45) is 0.732. The molecule has 0 radical (unpaired) electrons. The van der Waals surface area contributed by atoms with Crippen LogP contribution in [0.1, 0.15) is 43.4 Å². The van der Waals surface area contributed by atoms with E-state index in [0.717, 1.165) is 17.5 Å².